The quantitative estimate of drug-likeness (QED) is 0.720. The van der Waals surface area contributed by atoms with E-state index in [0.29, 0.717) is 17.7 Å². The predicted octanol–water partition coefficient (Wildman–Crippen LogP) is 2.52. The highest BCUT2D eigenvalue weighted by molar-refractivity contribution is 7.00. The van der Waals surface area contributed by atoms with Crippen LogP contribution in [0.5, 0.6) is 0 Å². The Morgan fingerprint density at radius 1 is 1.21 bits per heavy atom. The number of aromatic nitrogens is 2. The van der Waals surface area contributed by atoms with Gasteiger partial charge in [0.2, 0.25) is 5.91 Å². The number of nitrogens with one attached hydrogen (secondary N) is 1. The second-order valence-corrected chi connectivity index (χ2v) is 6.08. The van der Waals surface area contributed by atoms with Crippen molar-refractivity contribution in [3.05, 3.63) is 48.5 Å². The second-order valence-electron chi connectivity index (χ2n) is 5.55. The van der Waals surface area contributed by atoms with Crippen LogP contribution in [-0.2, 0) is 4.79 Å². The van der Waals surface area contributed by atoms with Gasteiger partial charge in [-0.15, -0.1) is 0 Å². The maximum absolute atomic E-state index is 12.5. The molecule has 6 nitrogen and oxygen atoms in total. The van der Waals surface area contributed by atoms with Gasteiger partial charge in [-0.1, -0.05) is 24.3 Å². The van der Waals surface area contributed by atoms with Crippen LogP contribution in [-0.4, -0.2) is 39.0 Å². The van der Waals surface area contributed by atoms with E-state index in [-0.39, 0.29) is 12.5 Å². The first-order valence-electron chi connectivity index (χ1n) is 7.62. The molecule has 1 heterocycles. The fourth-order valence-corrected chi connectivity index (χ4v) is 3.04. The van der Waals surface area contributed by atoms with Crippen molar-refractivity contribution in [1.82, 2.24) is 8.75 Å². The largest absolute Gasteiger partial charge is 0.392 e. The summed E-state index contributed by atoms with van der Waals surface area (Å²) in [6, 6.07) is 15.1. The van der Waals surface area contributed by atoms with Gasteiger partial charge in [0.15, 0.2) is 0 Å². The Morgan fingerprint density at radius 3 is 2.75 bits per heavy atom. The Kier molecular flexibility index (Phi) is 5.02. The van der Waals surface area contributed by atoms with Gasteiger partial charge in [0.1, 0.15) is 11.0 Å². The minimum absolute atomic E-state index is 0.142. The summed E-state index contributed by atoms with van der Waals surface area (Å²) >= 11 is 1.12. The van der Waals surface area contributed by atoms with E-state index in [1.54, 1.807) is 6.92 Å². The van der Waals surface area contributed by atoms with Gasteiger partial charge in [0.25, 0.3) is 0 Å². The summed E-state index contributed by atoms with van der Waals surface area (Å²) < 4.78 is 8.39. The molecular weight excluding hydrogens is 324 g/mol. The molecule has 2 N–H and O–H groups in total. The van der Waals surface area contributed by atoms with Crippen LogP contribution in [0.25, 0.3) is 11.0 Å². The van der Waals surface area contributed by atoms with Crippen molar-refractivity contribution in [3.63, 3.8) is 0 Å². The van der Waals surface area contributed by atoms with Crippen LogP contribution in [0.3, 0.4) is 0 Å². The van der Waals surface area contributed by atoms with E-state index in [0.717, 1.165) is 22.9 Å². The molecule has 1 unspecified atom stereocenters. The van der Waals surface area contributed by atoms with E-state index < -0.39 is 6.10 Å². The number of benzene rings is 2. The first-order valence-corrected chi connectivity index (χ1v) is 8.35. The van der Waals surface area contributed by atoms with Gasteiger partial charge in [-0.3, -0.25) is 4.79 Å². The number of anilines is 2. The monoisotopic (exact) mass is 342 g/mol. The van der Waals surface area contributed by atoms with Crippen molar-refractivity contribution >= 4 is 40.0 Å². The minimum atomic E-state index is -0.538. The van der Waals surface area contributed by atoms with Crippen molar-refractivity contribution in [2.45, 2.75) is 13.0 Å². The van der Waals surface area contributed by atoms with E-state index >= 15 is 0 Å². The van der Waals surface area contributed by atoms with Crippen molar-refractivity contribution in [2.24, 2.45) is 0 Å². The number of amides is 1. The molecule has 7 heteroatoms. The Hall–Kier alpha value is -2.51. The molecule has 0 spiro atoms. The number of fused-ring (bicyclic) bond motifs is 1. The Bertz CT molecular complexity index is 820. The van der Waals surface area contributed by atoms with Gasteiger partial charge in [0.05, 0.1) is 30.1 Å². The molecule has 1 aromatic heterocycles. The molecule has 0 bridgehead atoms. The number of aliphatic hydroxyl groups excluding tert-OH is 1. The van der Waals surface area contributed by atoms with Crippen LogP contribution in [0.1, 0.15) is 6.92 Å². The van der Waals surface area contributed by atoms with E-state index in [9.17, 15) is 9.90 Å². The number of aliphatic hydroxyl groups is 1. The predicted molar refractivity (Wildman–Crippen MR) is 96.4 cm³/mol. The van der Waals surface area contributed by atoms with E-state index in [4.69, 9.17) is 0 Å². The highest BCUT2D eigenvalue weighted by Gasteiger charge is 2.15. The van der Waals surface area contributed by atoms with Gasteiger partial charge in [-0.25, -0.2) is 0 Å². The lowest BCUT2D eigenvalue weighted by Crippen LogP contribution is -2.37. The summed E-state index contributed by atoms with van der Waals surface area (Å²) in [5.41, 5.74) is 3.00. The zero-order valence-corrected chi connectivity index (χ0v) is 14.0. The minimum Gasteiger partial charge on any atom is -0.392 e. The summed E-state index contributed by atoms with van der Waals surface area (Å²) in [4.78, 5) is 14.3. The van der Waals surface area contributed by atoms with Gasteiger partial charge in [-0.05, 0) is 31.2 Å². The van der Waals surface area contributed by atoms with Crippen molar-refractivity contribution < 1.29 is 9.90 Å². The number of carbonyl (C=O) groups is 1. The van der Waals surface area contributed by atoms with E-state index in [2.05, 4.69) is 14.1 Å². The average molecular weight is 342 g/mol. The molecule has 0 aliphatic carbocycles. The van der Waals surface area contributed by atoms with E-state index in [1.165, 1.54) is 0 Å². The van der Waals surface area contributed by atoms with Crippen molar-refractivity contribution in [1.29, 1.82) is 0 Å². The fraction of sp³-hybridized carbons (Fsp3) is 0.235. The highest BCUT2D eigenvalue weighted by Crippen LogP contribution is 2.21. The Balaban J connectivity index is 1.75. The summed E-state index contributed by atoms with van der Waals surface area (Å²) in [7, 11) is 0. The van der Waals surface area contributed by atoms with Crippen LogP contribution in [0.15, 0.2) is 48.5 Å². The Morgan fingerprint density at radius 2 is 2.00 bits per heavy atom. The number of hydrogen-bond acceptors (Lipinski definition) is 6. The van der Waals surface area contributed by atoms with Crippen LogP contribution in [0.4, 0.5) is 11.4 Å². The number of para-hydroxylation sites is 1. The first kappa shape index (κ1) is 16.4. The topological polar surface area (TPSA) is 78.4 Å². The summed E-state index contributed by atoms with van der Waals surface area (Å²) in [6.45, 7) is 2.22. The smallest absolute Gasteiger partial charge is 0.243 e. The summed E-state index contributed by atoms with van der Waals surface area (Å²) in [5, 5.41) is 12.6. The molecule has 0 aliphatic heterocycles. The van der Waals surface area contributed by atoms with Crippen LogP contribution >= 0.6 is 11.7 Å². The molecule has 1 amide bonds. The van der Waals surface area contributed by atoms with Gasteiger partial charge >= 0.3 is 0 Å². The zero-order valence-electron chi connectivity index (χ0n) is 13.2. The zero-order chi connectivity index (χ0) is 16.9. The molecule has 0 saturated heterocycles. The first-order chi connectivity index (χ1) is 11.6. The normalized spacial score (nSPS) is 12.1. The average Bonchev–Trinajstić information content (AvgIpc) is 3.04. The van der Waals surface area contributed by atoms with Gasteiger partial charge in [0, 0.05) is 12.2 Å². The maximum Gasteiger partial charge on any atom is 0.243 e. The Labute approximate surface area is 144 Å². The molecule has 3 rings (SSSR count). The van der Waals surface area contributed by atoms with Crippen molar-refractivity contribution in [3.8, 4) is 0 Å². The molecule has 24 heavy (non-hydrogen) atoms. The van der Waals surface area contributed by atoms with Crippen molar-refractivity contribution in [2.75, 3.05) is 23.3 Å². The van der Waals surface area contributed by atoms with Gasteiger partial charge < -0.3 is 15.3 Å². The molecule has 3 aromatic rings. The summed E-state index contributed by atoms with van der Waals surface area (Å²) in [5.74, 6) is -0.167. The lowest BCUT2D eigenvalue weighted by Gasteiger charge is -2.25. The molecule has 0 saturated carbocycles. The fourth-order valence-electron chi connectivity index (χ4n) is 2.49. The third-order valence-electron chi connectivity index (χ3n) is 3.50. The van der Waals surface area contributed by atoms with Crippen LogP contribution in [0.2, 0.25) is 0 Å². The van der Waals surface area contributed by atoms with Crippen LogP contribution in [0, 0.1) is 0 Å². The molecular formula is C17H18N4O2S. The second kappa shape index (κ2) is 7.37. The number of hydrogen-bond donors (Lipinski definition) is 2. The summed E-state index contributed by atoms with van der Waals surface area (Å²) in [6.07, 6.45) is -0.538. The third-order valence-corrected chi connectivity index (χ3v) is 4.04. The van der Waals surface area contributed by atoms with Crippen LogP contribution < -0.4 is 10.2 Å². The van der Waals surface area contributed by atoms with E-state index in [1.807, 2.05) is 53.4 Å². The molecule has 0 aliphatic rings. The lowest BCUT2D eigenvalue weighted by molar-refractivity contribution is -0.115. The number of carbonyl (C=O) groups excluding carboxylic acids is 1. The highest BCUT2D eigenvalue weighted by atomic mass is 32.1. The lowest BCUT2D eigenvalue weighted by atomic mass is 10.2. The molecule has 2 aromatic carbocycles. The molecule has 0 fully saturated rings. The van der Waals surface area contributed by atoms with Gasteiger partial charge in [-0.2, -0.15) is 8.75 Å². The third kappa shape index (κ3) is 3.87. The SMILES string of the molecule is CC(O)CN(CC(=O)Nc1cccc2nsnc12)c1ccccc1. The standard InChI is InChI=1S/C17H18N4O2S/c1-12(22)10-21(13-6-3-2-4-7-13)11-16(23)18-14-8-5-9-15-17(14)20-24-19-15/h2-9,12,22H,10-11H2,1H3,(H,18,23). The maximum atomic E-state index is 12.5. The molecule has 0 radical (unpaired) electrons. The number of rotatable bonds is 6. The number of nitrogens with zero attached hydrogens (tertiary/aromatic N) is 3. The molecule has 1 atom stereocenters. The molecule has 124 valence electrons.